The molecule has 0 saturated heterocycles. The maximum atomic E-state index is 13.7. The summed E-state index contributed by atoms with van der Waals surface area (Å²) in [7, 11) is 1.14. The van der Waals surface area contributed by atoms with E-state index in [1.54, 1.807) is 19.1 Å². The lowest BCUT2D eigenvalue weighted by Gasteiger charge is -2.16. The Balaban J connectivity index is 1.98. The topological polar surface area (TPSA) is 73.2 Å². The number of aromatic nitrogens is 2. The van der Waals surface area contributed by atoms with Gasteiger partial charge in [-0.25, -0.2) is 13.5 Å². The highest BCUT2D eigenvalue weighted by molar-refractivity contribution is 5.98. The van der Waals surface area contributed by atoms with Crippen molar-refractivity contribution in [1.82, 2.24) is 15.1 Å². The van der Waals surface area contributed by atoms with Crippen LogP contribution in [0.3, 0.4) is 0 Å². The van der Waals surface area contributed by atoms with E-state index in [0.29, 0.717) is 24.3 Å². The van der Waals surface area contributed by atoms with Gasteiger partial charge in [0.05, 0.1) is 6.04 Å². The van der Waals surface area contributed by atoms with E-state index in [1.807, 2.05) is 0 Å². The zero-order valence-electron chi connectivity index (χ0n) is 18.3. The average molecular weight is 481 g/mol. The number of hydrogen-bond donors (Lipinski definition) is 1. The van der Waals surface area contributed by atoms with Crippen LogP contribution in [0.5, 0.6) is 11.6 Å². The molecule has 0 aliphatic heterocycles. The highest BCUT2D eigenvalue weighted by Gasteiger charge is 2.42. The Morgan fingerprint density at radius 2 is 1.76 bits per heavy atom. The largest absolute Gasteiger partial charge is 0.438 e. The van der Waals surface area contributed by atoms with E-state index in [2.05, 4.69) is 10.4 Å². The SMILES string of the molecule is CC(NC(=O)c1c(C(F)(F)F)nn(C)c1Oc1cccc(C(C)(F)F)c1)c1ccc(C=O)cc1. The fraction of sp³-hybridized carbons (Fsp3) is 0.261. The van der Waals surface area contributed by atoms with Gasteiger partial charge >= 0.3 is 6.18 Å². The first-order valence-corrected chi connectivity index (χ1v) is 9.97. The van der Waals surface area contributed by atoms with Crippen LogP contribution in [-0.2, 0) is 19.1 Å². The van der Waals surface area contributed by atoms with Gasteiger partial charge in [0, 0.05) is 25.1 Å². The second kappa shape index (κ2) is 9.24. The Morgan fingerprint density at radius 3 is 2.32 bits per heavy atom. The van der Waals surface area contributed by atoms with Crippen LogP contribution in [-0.4, -0.2) is 22.0 Å². The number of nitrogens with one attached hydrogen (secondary N) is 1. The zero-order valence-corrected chi connectivity index (χ0v) is 18.3. The fourth-order valence-electron chi connectivity index (χ4n) is 3.19. The summed E-state index contributed by atoms with van der Waals surface area (Å²) in [4.78, 5) is 23.8. The molecule has 1 aromatic heterocycles. The van der Waals surface area contributed by atoms with Crippen molar-refractivity contribution in [3.05, 3.63) is 76.5 Å². The molecular formula is C23H20F5N3O3. The Kier molecular flexibility index (Phi) is 6.76. The molecule has 1 N–H and O–H groups in total. The quantitative estimate of drug-likeness (QED) is 0.350. The van der Waals surface area contributed by atoms with Gasteiger partial charge in [0.25, 0.3) is 11.8 Å². The molecule has 1 unspecified atom stereocenters. The van der Waals surface area contributed by atoms with Gasteiger partial charge < -0.3 is 10.1 Å². The van der Waals surface area contributed by atoms with Crippen LogP contribution in [0, 0.1) is 0 Å². The van der Waals surface area contributed by atoms with Gasteiger partial charge in [-0.15, -0.1) is 0 Å². The van der Waals surface area contributed by atoms with Crippen molar-refractivity contribution in [3.63, 3.8) is 0 Å². The van der Waals surface area contributed by atoms with Gasteiger partial charge in [0.1, 0.15) is 17.6 Å². The summed E-state index contributed by atoms with van der Waals surface area (Å²) in [6.07, 6.45) is -4.36. The number of alkyl halides is 5. The number of amides is 1. The maximum Gasteiger partial charge on any atom is 0.436 e. The van der Waals surface area contributed by atoms with Gasteiger partial charge in [0.2, 0.25) is 5.88 Å². The van der Waals surface area contributed by atoms with Crippen LogP contribution < -0.4 is 10.1 Å². The van der Waals surface area contributed by atoms with Gasteiger partial charge in [-0.3, -0.25) is 9.59 Å². The van der Waals surface area contributed by atoms with E-state index in [1.165, 1.54) is 24.3 Å². The number of nitrogens with zero attached hydrogens (tertiary/aromatic N) is 2. The number of halogens is 5. The van der Waals surface area contributed by atoms with E-state index in [0.717, 1.165) is 23.9 Å². The summed E-state index contributed by atoms with van der Waals surface area (Å²) in [6, 6.07) is 10.0. The number of carbonyl (C=O) groups excluding carboxylic acids is 2. The third-order valence-corrected chi connectivity index (χ3v) is 4.97. The van der Waals surface area contributed by atoms with Crippen molar-refractivity contribution in [1.29, 1.82) is 0 Å². The van der Waals surface area contributed by atoms with E-state index in [-0.39, 0.29) is 5.75 Å². The molecule has 0 radical (unpaired) electrons. The Bertz CT molecular complexity index is 1200. The lowest BCUT2D eigenvalue weighted by atomic mass is 10.1. The van der Waals surface area contributed by atoms with Crippen molar-refractivity contribution in [2.24, 2.45) is 7.05 Å². The molecule has 1 atom stereocenters. The second-order valence-electron chi connectivity index (χ2n) is 7.65. The molecule has 0 aliphatic carbocycles. The van der Waals surface area contributed by atoms with Crippen LogP contribution in [0.2, 0.25) is 0 Å². The lowest BCUT2D eigenvalue weighted by Crippen LogP contribution is -2.28. The normalized spacial score (nSPS) is 12.8. The summed E-state index contributed by atoms with van der Waals surface area (Å²) in [6.45, 7) is 2.21. The Hall–Kier alpha value is -3.76. The number of benzene rings is 2. The van der Waals surface area contributed by atoms with E-state index in [4.69, 9.17) is 4.74 Å². The first-order chi connectivity index (χ1) is 15.8. The zero-order chi connectivity index (χ0) is 25.3. The Labute approximate surface area is 191 Å². The highest BCUT2D eigenvalue weighted by atomic mass is 19.4. The van der Waals surface area contributed by atoms with E-state index >= 15 is 0 Å². The van der Waals surface area contributed by atoms with Crippen molar-refractivity contribution < 1.29 is 36.3 Å². The molecule has 0 saturated carbocycles. The third kappa shape index (κ3) is 5.41. The third-order valence-electron chi connectivity index (χ3n) is 4.97. The number of rotatable bonds is 7. The molecule has 180 valence electrons. The molecule has 1 heterocycles. The number of aryl methyl sites for hydroxylation is 1. The predicted molar refractivity (Wildman–Crippen MR) is 112 cm³/mol. The van der Waals surface area contributed by atoms with Crippen LogP contribution in [0.25, 0.3) is 0 Å². The molecule has 1 amide bonds. The van der Waals surface area contributed by atoms with Crippen molar-refractivity contribution in [3.8, 4) is 11.6 Å². The van der Waals surface area contributed by atoms with Crippen molar-refractivity contribution in [2.75, 3.05) is 0 Å². The van der Waals surface area contributed by atoms with Crippen LogP contribution in [0.4, 0.5) is 22.0 Å². The molecule has 2 aromatic carbocycles. The first kappa shape index (κ1) is 24.9. The minimum atomic E-state index is -4.99. The van der Waals surface area contributed by atoms with Gasteiger partial charge in [-0.1, -0.05) is 36.4 Å². The van der Waals surface area contributed by atoms with Gasteiger partial charge in [-0.2, -0.15) is 18.3 Å². The summed E-state index contributed by atoms with van der Waals surface area (Å²) in [5.74, 6) is -5.09. The molecule has 0 fully saturated rings. The predicted octanol–water partition coefficient (Wildman–Crippen LogP) is 5.65. The van der Waals surface area contributed by atoms with Crippen LogP contribution in [0.1, 0.15) is 57.4 Å². The molecule has 34 heavy (non-hydrogen) atoms. The van der Waals surface area contributed by atoms with Crippen molar-refractivity contribution in [2.45, 2.75) is 32.0 Å². The molecule has 11 heteroatoms. The minimum absolute atomic E-state index is 0.192. The smallest absolute Gasteiger partial charge is 0.436 e. The average Bonchev–Trinajstić information content (AvgIpc) is 3.10. The number of hydrogen-bond acceptors (Lipinski definition) is 4. The minimum Gasteiger partial charge on any atom is -0.438 e. The molecule has 0 bridgehead atoms. The first-order valence-electron chi connectivity index (χ1n) is 9.97. The van der Waals surface area contributed by atoms with E-state index < -0.39 is 46.7 Å². The van der Waals surface area contributed by atoms with Crippen LogP contribution in [0.15, 0.2) is 48.5 Å². The highest BCUT2D eigenvalue weighted by Crippen LogP contribution is 2.38. The molecular weight excluding hydrogens is 461 g/mol. The molecule has 3 rings (SSSR count). The summed E-state index contributed by atoms with van der Waals surface area (Å²) < 4.78 is 74.5. The molecule has 3 aromatic rings. The number of carbonyl (C=O) groups is 2. The lowest BCUT2D eigenvalue weighted by molar-refractivity contribution is -0.141. The van der Waals surface area contributed by atoms with Gasteiger partial charge in [-0.05, 0) is 24.6 Å². The maximum absolute atomic E-state index is 13.7. The molecule has 0 aliphatic rings. The fourth-order valence-corrected chi connectivity index (χ4v) is 3.19. The molecule has 0 spiro atoms. The summed E-state index contributed by atoms with van der Waals surface area (Å²) in [5, 5.41) is 5.85. The summed E-state index contributed by atoms with van der Waals surface area (Å²) >= 11 is 0. The number of ether oxygens (including phenoxy) is 1. The van der Waals surface area contributed by atoms with Gasteiger partial charge in [0.15, 0.2) is 5.69 Å². The summed E-state index contributed by atoms with van der Waals surface area (Å²) in [5.41, 5.74) is -1.86. The molecule has 6 nitrogen and oxygen atoms in total. The van der Waals surface area contributed by atoms with Crippen LogP contribution >= 0.6 is 0 Å². The van der Waals surface area contributed by atoms with E-state index in [9.17, 15) is 31.5 Å². The second-order valence-corrected chi connectivity index (χ2v) is 7.65. The standard InChI is InChI=1S/C23H20F5N3O3/c1-13(15-9-7-14(12-32)8-10-15)29-20(33)18-19(23(26,27)28)30-31(3)21(18)34-17-6-4-5-16(11-17)22(2,24)25/h4-13H,1-3H3,(H,29,33). The Morgan fingerprint density at radius 1 is 1.12 bits per heavy atom. The van der Waals surface area contributed by atoms with Crippen molar-refractivity contribution >= 4 is 12.2 Å². The number of aldehydes is 1. The monoisotopic (exact) mass is 481 g/mol.